The highest BCUT2D eigenvalue weighted by Crippen LogP contribution is 2.03. The number of aliphatic hydroxyl groups is 2. The number of carbonyl (C=O) groups excluding carboxylic acids is 3. The normalized spacial score (nSPS) is 15.9. The molecule has 0 fully saturated rings. The van der Waals surface area contributed by atoms with Gasteiger partial charge in [-0.3, -0.25) is 19.2 Å². The Bertz CT molecular complexity index is 617. The van der Waals surface area contributed by atoms with Crippen LogP contribution in [0.15, 0.2) is 0 Å². The number of aliphatic hydroxyl groups excluding tert-OH is 2. The molecule has 0 radical (unpaired) electrons. The summed E-state index contributed by atoms with van der Waals surface area (Å²) in [6.45, 7) is 0.451. The predicted octanol–water partition coefficient (Wildman–Crippen LogP) is -3.98. The van der Waals surface area contributed by atoms with Crippen LogP contribution in [0.5, 0.6) is 0 Å². The van der Waals surface area contributed by atoms with Gasteiger partial charge in [-0.2, -0.15) is 12.6 Å². The van der Waals surface area contributed by atoms with Gasteiger partial charge in [-0.05, 0) is 13.3 Å². The Labute approximate surface area is 171 Å². The third-order valence-electron chi connectivity index (χ3n) is 3.67. The van der Waals surface area contributed by atoms with E-state index in [1.807, 2.05) is 0 Å². The van der Waals surface area contributed by atoms with Gasteiger partial charge in [-0.1, -0.05) is 0 Å². The summed E-state index contributed by atoms with van der Waals surface area (Å²) in [7, 11) is 0. The molecule has 0 aliphatic carbocycles. The van der Waals surface area contributed by atoms with Crippen molar-refractivity contribution >= 4 is 42.3 Å². The summed E-state index contributed by atoms with van der Waals surface area (Å²) in [5.41, 5.74) is 5.33. The molecule has 0 aliphatic rings. The highest BCUT2D eigenvalue weighted by atomic mass is 32.1. The van der Waals surface area contributed by atoms with Gasteiger partial charge in [-0.15, -0.1) is 0 Å². The highest BCUT2D eigenvalue weighted by Gasteiger charge is 2.32. The van der Waals surface area contributed by atoms with Gasteiger partial charge in [0.2, 0.25) is 17.7 Å². The minimum absolute atomic E-state index is 0.258. The zero-order valence-corrected chi connectivity index (χ0v) is 16.5. The van der Waals surface area contributed by atoms with Crippen molar-refractivity contribution in [3.05, 3.63) is 0 Å². The summed E-state index contributed by atoms with van der Waals surface area (Å²) in [4.78, 5) is 58.4. The van der Waals surface area contributed by atoms with Crippen LogP contribution in [0.3, 0.4) is 0 Å². The van der Waals surface area contributed by atoms with Crippen LogP contribution >= 0.6 is 12.6 Å². The van der Waals surface area contributed by atoms with Crippen molar-refractivity contribution in [2.45, 2.75) is 50.0 Å². The Morgan fingerprint density at radius 2 is 1.52 bits per heavy atom. The van der Waals surface area contributed by atoms with Gasteiger partial charge in [0.05, 0.1) is 12.7 Å². The van der Waals surface area contributed by atoms with E-state index in [1.165, 1.54) is 6.92 Å². The fraction of sp³-hybridized carbons (Fsp3) is 0.667. The topological polar surface area (TPSA) is 228 Å². The van der Waals surface area contributed by atoms with E-state index in [4.69, 9.17) is 21.1 Å². The molecule has 0 bridgehead atoms. The van der Waals surface area contributed by atoms with E-state index in [0.717, 1.165) is 0 Å². The maximum Gasteiger partial charge on any atom is 0.327 e. The fourth-order valence-corrected chi connectivity index (χ4v) is 2.25. The molecule has 0 aromatic rings. The molecule has 0 heterocycles. The Morgan fingerprint density at radius 3 is 1.93 bits per heavy atom. The maximum absolute atomic E-state index is 12.4. The predicted molar refractivity (Wildman–Crippen MR) is 101 cm³/mol. The average molecular weight is 438 g/mol. The molecule has 3 amide bonds. The van der Waals surface area contributed by atoms with Crippen molar-refractivity contribution in [3.63, 3.8) is 0 Å². The Balaban J connectivity index is 5.37. The Kier molecular flexibility index (Phi) is 11.8. The van der Waals surface area contributed by atoms with Crippen molar-refractivity contribution in [2.75, 3.05) is 12.4 Å². The molecule has 166 valence electrons. The molecular formula is C15H26N4O9S. The van der Waals surface area contributed by atoms with E-state index in [9.17, 15) is 29.1 Å². The van der Waals surface area contributed by atoms with Crippen LogP contribution < -0.4 is 21.7 Å². The number of rotatable bonds is 13. The summed E-state index contributed by atoms with van der Waals surface area (Å²) in [6, 6.07) is -5.78. The van der Waals surface area contributed by atoms with Crippen LogP contribution in [0.2, 0.25) is 0 Å². The first-order valence-corrected chi connectivity index (χ1v) is 9.08. The van der Waals surface area contributed by atoms with Crippen LogP contribution in [-0.4, -0.2) is 92.7 Å². The van der Waals surface area contributed by atoms with Crippen molar-refractivity contribution in [1.82, 2.24) is 16.0 Å². The lowest BCUT2D eigenvalue weighted by atomic mass is 10.1. The lowest BCUT2D eigenvalue weighted by molar-refractivity contribution is -0.142. The summed E-state index contributed by atoms with van der Waals surface area (Å²) < 4.78 is 0. The second-order valence-electron chi connectivity index (χ2n) is 6.09. The van der Waals surface area contributed by atoms with Gasteiger partial charge >= 0.3 is 11.9 Å². The van der Waals surface area contributed by atoms with Gasteiger partial charge in [0.15, 0.2) is 0 Å². The van der Waals surface area contributed by atoms with Gasteiger partial charge < -0.3 is 42.1 Å². The number of nitrogens with one attached hydrogen (secondary N) is 3. The average Bonchev–Trinajstić information content (AvgIpc) is 2.65. The molecule has 14 heteroatoms. The van der Waals surface area contributed by atoms with E-state index < -0.39 is 73.0 Å². The number of amides is 3. The molecule has 5 atom stereocenters. The molecule has 9 N–H and O–H groups in total. The maximum atomic E-state index is 12.4. The number of hydrogen-bond donors (Lipinski definition) is 9. The number of hydrogen-bond acceptors (Lipinski definition) is 9. The first-order valence-electron chi connectivity index (χ1n) is 8.45. The molecule has 13 nitrogen and oxygen atoms in total. The lowest BCUT2D eigenvalue weighted by Crippen LogP contribution is -2.60. The number of carbonyl (C=O) groups is 5. The van der Waals surface area contributed by atoms with Crippen molar-refractivity contribution in [2.24, 2.45) is 5.73 Å². The minimum Gasteiger partial charge on any atom is -0.481 e. The molecule has 0 rings (SSSR count). The second-order valence-corrected chi connectivity index (χ2v) is 6.46. The fourth-order valence-electron chi connectivity index (χ4n) is 2.00. The number of carboxylic acid groups (broad SMARTS) is 2. The SMILES string of the molecule is CC(O)C(NC(=O)C(N)CO)C(=O)NC(CCC(=O)O)C(=O)NC(CS)C(=O)O. The third kappa shape index (κ3) is 9.56. The van der Waals surface area contributed by atoms with Crippen LogP contribution in [0.25, 0.3) is 0 Å². The zero-order valence-electron chi connectivity index (χ0n) is 15.6. The van der Waals surface area contributed by atoms with E-state index in [1.54, 1.807) is 0 Å². The number of carboxylic acids is 2. The Morgan fingerprint density at radius 1 is 0.966 bits per heavy atom. The van der Waals surface area contributed by atoms with Gasteiger partial charge in [0.25, 0.3) is 0 Å². The first kappa shape index (κ1) is 26.6. The van der Waals surface area contributed by atoms with E-state index >= 15 is 0 Å². The van der Waals surface area contributed by atoms with E-state index in [0.29, 0.717) is 0 Å². The van der Waals surface area contributed by atoms with Crippen molar-refractivity contribution < 1.29 is 44.4 Å². The van der Waals surface area contributed by atoms with Gasteiger partial charge in [0, 0.05) is 12.2 Å². The summed E-state index contributed by atoms with van der Waals surface area (Å²) in [5, 5.41) is 42.8. The van der Waals surface area contributed by atoms with E-state index in [-0.39, 0.29) is 12.2 Å². The zero-order chi connectivity index (χ0) is 22.7. The summed E-state index contributed by atoms with van der Waals surface area (Å²) in [5.74, 6) is -5.88. The molecule has 0 saturated carbocycles. The third-order valence-corrected chi connectivity index (χ3v) is 4.04. The molecular weight excluding hydrogens is 412 g/mol. The molecule has 0 aliphatic heterocycles. The quantitative estimate of drug-likeness (QED) is 0.127. The molecule has 0 spiro atoms. The van der Waals surface area contributed by atoms with Gasteiger partial charge in [0.1, 0.15) is 24.2 Å². The van der Waals surface area contributed by atoms with Crippen LogP contribution in [-0.2, 0) is 24.0 Å². The second kappa shape index (κ2) is 12.9. The lowest BCUT2D eigenvalue weighted by Gasteiger charge is -2.26. The molecule has 0 aromatic carbocycles. The monoisotopic (exact) mass is 438 g/mol. The number of aliphatic carboxylic acids is 2. The minimum atomic E-state index is -1.57. The number of nitrogens with two attached hydrogens (primary N) is 1. The summed E-state index contributed by atoms with van der Waals surface area (Å²) >= 11 is 3.79. The first-order chi connectivity index (χ1) is 13.4. The molecule has 29 heavy (non-hydrogen) atoms. The molecule has 0 saturated heterocycles. The smallest absolute Gasteiger partial charge is 0.327 e. The van der Waals surface area contributed by atoms with Crippen LogP contribution in [0.4, 0.5) is 0 Å². The van der Waals surface area contributed by atoms with Gasteiger partial charge in [-0.25, -0.2) is 4.79 Å². The molecule has 5 unspecified atom stereocenters. The van der Waals surface area contributed by atoms with E-state index in [2.05, 4.69) is 28.6 Å². The highest BCUT2D eigenvalue weighted by molar-refractivity contribution is 7.80. The van der Waals surface area contributed by atoms with Crippen LogP contribution in [0, 0.1) is 0 Å². The Hall–Kier alpha value is -2.42. The number of thiol groups is 1. The van der Waals surface area contributed by atoms with Crippen molar-refractivity contribution in [3.8, 4) is 0 Å². The summed E-state index contributed by atoms with van der Waals surface area (Å²) in [6.07, 6.45) is -2.35. The molecule has 0 aromatic heterocycles. The van der Waals surface area contributed by atoms with Crippen molar-refractivity contribution in [1.29, 1.82) is 0 Å². The largest absolute Gasteiger partial charge is 0.481 e. The standard InChI is InChI=1S/C15H26N4O9S/c1-6(21)11(19-12(24)7(16)4-20)14(26)17-8(2-3-10(22)23)13(25)18-9(5-29)15(27)28/h6-9,11,20-21,29H,2-5,16H2,1H3,(H,17,26)(H,18,25)(H,19,24)(H,22,23)(H,27,28). The van der Waals surface area contributed by atoms with Crippen LogP contribution in [0.1, 0.15) is 19.8 Å².